The van der Waals surface area contributed by atoms with Crippen molar-refractivity contribution >= 4 is 5.96 Å². The van der Waals surface area contributed by atoms with Crippen LogP contribution in [-0.4, -0.2) is 56.8 Å². The van der Waals surface area contributed by atoms with Crippen molar-refractivity contribution < 1.29 is 9.47 Å². The van der Waals surface area contributed by atoms with E-state index < -0.39 is 0 Å². The number of nitrogens with one attached hydrogen (secondary N) is 2. The molecular weight excluding hydrogens is 352 g/mol. The maximum absolute atomic E-state index is 5.98. The van der Waals surface area contributed by atoms with E-state index in [-0.39, 0.29) is 6.10 Å². The van der Waals surface area contributed by atoms with Crippen LogP contribution < -0.4 is 20.1 Å². The molecule has 1 atom stereocenters. The molecule has 0 saturated heterocycles. The lowest BCUT2D eigenvalue weighted by atomic mass is 10.00. The second kappa shape index (κ2) is 8.97. The van der Waals surface area contributed by atoms with E-state index in [9.17, 15) is 0 Å². The van der Waals surface area contributed by atoms with Crippen LogP contribution in [0.25, 0.3) is 0 Å². The molecule has 0 spiro atoms. The topological polar surface area (TPSA) is 58.1 Å². The van der Waals surface area contributed by atoms with Crippen molar-refractivity contribution in [3.63, 3.8) is 0 Å². The lowest BCUT2D eigenvalue weighted by molar-refractivity contribution is 0.0936. The fourth-order valence-corrected chi connectivity index (χ4v) is 3.67. The van der Waals surface area contributed by atoms with Crippen LogP contribution in [0.1, 0.15) is 11.1 Å². The number of para-hydroxylation sites is 2. The third-order valence-electron chi connectivity index (χ3n) is 5.22. The van der Waals surface area contributed by atoms with E-state index in [0.29, 0.717) is 13.2 Å². The number of aliphatic imine (C=N–C) groups is 1. The minimum absolute atomic E-state index is 0.0351. The monoisotopic (exact) mass is 380 g/mol. The summed E-state index contributed by atoms with van der Waals surface area (Å²) in [5, 5.41) is 6.74. The Hall–Kier alpha value is -2.73. The predicted octanol–water partition coefficient (Wildman–Crippen LogP) is 2.05. The van der Waals surface area contributed by atoms with Gasteiger partial charge in [-0.25, -0.2) is 0 Å². The zero-order chi connectivity index (χ0) is 19.2. The molecule has 6 nitrogen and oxygen atoms in total. The smallest absolute Gasteiger partial charge is 0.191 e. The van der Waals surface area contributed by atoms with Crippen molar-refractivity contribution in [2.24, 2.45) is 4.99 Å². The van der Waals surface area contributed by atoms with Gasteiger partial charge in [0.2, 0.25) is 0 Å². The zero-order valence-electron chi connectivity index (χ0n) is 16.4. The highest BCUT2D eigenvalue weighted by atomic mass is 16.6. The van der Waals surface area contributed by atoms with Crippen LogP contribution in [0.15, 0.2) is 53.5 Å². The van der Waals surface area contributed by atoms with Gasteiger partial charge in [0, 0.05) is 33.2 Å². The molecule has 2 aliphatic rings. The molecule has 2 aliphatic heterocycles. The molecule has 1 unspecified atom stereocenters. The number of guanidine groups is 1. The summed E-state index contributed by atoms with van der Waals surface area (Å²) in [6, 6.07) is 16.5. The molecule has 148 valence electrons. The first-order valence-corrected chi connectivity index (χ1v) is 9.94. The number of fused-ring (bicyclic) bond motifs is 2. The highest BCUT2D eigenvalue weighted by molar-refractivity contribution is 5.79. The van der Waals surface area contributed by atoms with Crippen LogP contribution in [0.3, 0.4) is 0 Å². The molecular formula is C22H28N4O2. The lowest BCUT2D eigenvalue weighted by Gasteiger charge is -2.29. The van der Waals surface area contributed by atoms with Gasteiger partial charge in [0.25, 0.3) is 0 Å². The van der Waals surface area contributed by atoms with Crippen LogP contribution in [0, 0.1) is 0 Å². The molecule has 6 heteroatoms. The minimum Gasteiger partial charge on any atom is -0.486 e. The van der Waals surface area contributed by atoms with Gasteiger partial charge in [-0.2, -0.15) is 0 Å². The van der Waals surface area contributed by atoms with Crippen molar-refractivity contribution in [2.75, 3.05) is 39.8 Å². The van der Waals surface area contributed by atoms with Crippen molar-refractivity contribution in [1.29, 1.82) is 0 Å². The Morgan fingerprint density at radius 3 is 2.71 bits per heavy atom. The van der Waals surface area contributed by atoms with Crippen molar-refractivity contribution in [1.82, 2.24) is 15.5 Å². The number of hydrogen-bond donors (Lipinski definition) is 2. The Morgan fingerprint density at radius 2 is 1.86 bits per heavy atom. The standard InChI is InChI=1S/C22H28N4O2/c1-23-22(25-14-19-16-27-20-8-4-5-9-21(20)28-19)24-11-13-26-12-10-17-6-2-3-7-18(17)15-26/h2-9,19H,10-16H2,1H3,(H2,23,24,25). The third-order valence-corrected chi connectivity index (χ3v) is 5.22. The van der Waals surface area contributed by atoms with Crippen LogP contribution in [0.5, 0.6) is 11.5 Å². The molecule has 0 saturated carbocycles. The average Bonchev–Trinajstić information content (AvgIpc) is 2.76. The van der Waals surface area contributed by atoms with Gasteiger partial charge in [-0.05, 0) is 29.7 Å². The molecule has 2 aromatic rings. The average molecular weight is 380 g/mol. The van der Waals surface area contributed by atoms with E-state index >= 15 is 0 Å². The molecule has 0 aliphatic carbocycles. The Bertz CT molecular complexity index is 824. The Balaban J connectivity index is 1.19. The number of rotatable bonds is 5. The first-order chi connectivity index (χ1) is 13.8. The normalized spacial score (nSPS) is 19.0. The van der Waals surface area contributed by atoms with Gasteiger partial charge in [-0.3, -0.25) is 9.89 Å². The predicted molar refractivity (Wildman–Crippen MR) is 111 cm³/mol. The maximum Gasteiger partial charge on any atom is 0.191 e. The second-order valence-corrected chi connectivity index (χ2v) is 7.17. The number of nitrogens with zero attached hydrogens (tertiary/aromatic N) is 2. The first-order valence-electron chi connectivity index (χ1n) is 9.94. The quantitative estimate of drug-likeness (QED) is 0.614. The third kappa shape index (κ3) is 4.57. The molecule has 2 heterocycles. The van der Waals surface area contributed by atoms with E-state index in [1.165, 1.54) is 11.1 Å². The SMILES string of the molecule is CN=C(NCCN1CCc2ccccc2C1)NCC1COc2ccccc2O1. The molecule has 0 radical (unpaired) electrons. The molecule has 0 bridgehead atoms. The summed E-state index contributed by atoms with van der Waals surface area (Å²) in [4.78, 5) is 6.80. The number of ether oxygens (including phenoxy) is 2. The minimum atomic E-state index is -0.0351. The molecule has 0 amide bonds. The molecule has 2 aromatic carbocycles. The highest BCUT2D eigenvalue weighted by Gasteiger charge is 2.20. The molecule has 0 fully saturated rings. The second-order valence-electron chi connectivity index (χ2n) is 7.17. The fourth-order valence-electron chi connectivity index (χ4n) is 3.67. The van der Waals surface area contributed by atoms with Gasteiger partial charge >= 0.3 is 0 Å². The Morgan fingerprint density at radius 1 is 1.07 bits per heavy atom. The van der Waals surface area contributed by atoms with E-state index in [0.717, 1.165) is 50.1 Å². The molecule has 2 N–H and O–H groups in total. The summed E-state index contributed by atoms with van der Waals surface area (Å²) >= 11 is 0. The van der Waals surface area contributed by atoms with Gasteiger partial charge in [0.05, 0.1) is 6.54 Å². The van der Waals surface area contributed by atoms with Gasteiger partial charge in [0.1, 0.15) is 12.7 Å². The van der Waals surface area contributed by atoms with Crippen molar-refractivity contribution in [3.05, 3.63) is 59.7 Å². The molecule has 0 aromatic heterocycles. The molecule has 28 heavy (non-hydrogen) atoms. The summed E-state index contributed by atoms with van der Waals surface area (Å²) in [6.45, 7) is 5.16. The first kappa shape index (κ1) is 18.6. The summed E-state index contributed by atoms with van der Waals surface area (Å²) < 4.78 is 11.7. The van der Waals surface area contributed by atoms with Crippen LogP contribution in [0.4, 0.5) is 0 Å². The van der Waals surface area contributed by atoms with Crippen LogP contribution in [-0.2, 0) is 13.0 Å². The lowest BCUT2D eigenvalue weighted by Crippen LogP contribution is -2.47. The van der Waals surface area contributed by atoms with E-state index in [4.69, 9.17) is 9.47 Å². The number of benzene rings is 2. The van der Waals surface area contributed by atoms with Crippen LogP contribution >= 0.6 is 0 Å². The largest absolute Gasteiger partial charge is 0.486 e. The number of hydrogen-bond acceptors (Lipinski definition) is 4. The summed E-state index contributed by atoms with van der Waals surface area (Å²) in [5.41, 5.74) is 2.94. The zero-order valence-corrected chi connectivity index (χ0v) is 16.4. The summed E-state index contributed by atoms with van der Waals surface area (Å²) in [6.07, 6.45) is 1.09. The van der Waals surface area contributed by atoms with Crippen LogP contribution in [0.2, 0.25) is 0 Å². The Labute approximate surface area is 166 Å². The molecule has 4 rings (SSSR count). The van der Waals surface area contributed by atoms with Crippen molar-refractivity contribution in [3.8, 4) is 11.5 Å². The summed E-state index contributed by atoms with van der Waals surface area (Å²) in [7, 11) is 1.79. The fraction of sp³-hybridized carbons (Fsp3) is 0.409. The van der Waals surface area contributed by atoms with E-state index in [1.54, 1.807) is 7.05 Å². The van der Waals surface area contributed by atoms with E-state index in [2.05, 4.69) is 44.8 Å². The summed E-state index contributed by atoms with van der Waals surface area (Å²) in [5.74, 6) is 2.40. The van der Waals surface area contributed by atoms with Gasteiger partial charge in [-0.1, -0.05) is 36.4 Å². The van der Waals surface area contributed by atoms with Crippen molar-refractivity contribution in [2.45, 2.75) is 19.1 Å². The highest BCUT2D eigenvalue weighted by Crippen LogP contribution is 2.30. The maximum atomic E-state index is 5.98. The van der Waals surface area contributed by atoms with E-state index in [1.807, 2.05) is 24.3 Å². The van der Waals surface area contributed by atoms with Gasteiger partial charge in [0.15, 0.2) is 17.5 Å². The Kier molecular flexibility index (Phi) is 5.97. The van der Waals surface area contributed by atoms with Gasteiger partial charge in [-0.15, -0.1) is 0 Å². The van der Waals surface area contributed by atoms with Gasteiger partial charge < -0.3 is 20.1 Å².